The van der Waals surface area contributed by atoms with Crippen LogP contribution >= 0.6 is 0 Å². The molecule has 1 aliphatic rings. The molecule has 1 aromatic heterocycles. The highest BCUT2D eigenvalue weighted by Crippen LogP contribution is 2.25. The van der Waals surface area contributed by atoms with Crippen molar-refractivity contribution >= 4 is 11.0 Å². The molecule has 0 bridgehead atoms. The summed E-state index contributed by atoms with van der Waals surface area (Å²) in [5, 5.41) is 1.02. The first kappa shape index (κ1) is 18.9. The van der Waals surface area contributed by atoms with E-state index in [4.69, 9.17) is 9.15 Å². The van der Waals surface area contributed by atoms with Gasteiger partial charge in [0.15, 0.2) is 0 Å². The van der Waals surface area contributed by atoms with Gasteiger partial charge in [-0.3, -0.25) is 4.90 Å². The summed E-state index contributed by atoms with van der Waals surface area (Å²) in [7, 11) is 0. The first-order valence-corrected chi connectivity index (χ1v) is 10.0. The molecule has 4 heteroatoms. The van der Waals surface area contributed by atoms with Crippen molar-refractivity contribution in [3.05, 3.63) is 81.2 Å². The van der Waals surface area contributed by atoms with E-state index in [1.807, 2.05) is 19.9 Å². The van der Waals surface area contributed by atoms with Crippen LogP contribution in [0.3, 0.4) is 0 Å². The van der Waals surface area contributed by atoms with Gasteiger partial charge < -0.3 is 9.15 Å². The molecule has 3 aromatic rings. The van der Waals surface area contributed by atoms with Gasteiger partial charge in [-0.2, -0.15) is 0 Å². The van der Waals surface area contributed by atoms with E-state index in [-0.39, 0.29) is 11.7 Å². The van der Waals surface area contributed by atoms with Crippen LogP contribution in [0.4, 0.5) is 0 Å². The van der Waals surface area contributed by atoms with Gasteiger partial charge in [0.2, 0.25) is 0 Å². The summed E-state index contributed by atoms with van der Waals surface area (Å²) in [5.74, 6) is 0. The maximum Gasteiger partial charge on any atom is 0.336 e. The third-order valence-electron chi connectivity index (χ3n) is 5.65. The average Bonchev–Trinajstić information content (AvgIpc) is 3.19. The van der Waals surface area contributed by atoms with Crippen LogP contribution in [-0.2, 0) is 17.8 Å². The molecule has 146 valence electrons. The van der Waals surface area contributed by atoms with E-state index in [0.29, 0.717) is 12.1 Å². The lowest BCUT2D eigenvalue weighted by atomic mass is 10.0. The fourth-order valence-electron chi connectivity index (χ4n) is 4.00. The predicted octanol–water partition coefficient (Wildman–Crippen LogP) is 4.59. The maximum atomic E-state index is 12.2. The van der Waals surface area contributed by atoms with E-state index < -0.39 is 0 Å². The number of benzene rings is 2. The molecule has 0 radical (unpaired) electrons. The van der Waals surface area contributed by atoms with Gasteiger partial charge >= 0.3 is 5.63 Å². The molecule has 0 aliphatic carbocycles. The molecule has 2 aromatic carbocycles. The number of rotatable bonds is 6. The van der Waals surface area contributed by atoms with Gasteiger partial charge in [-0.15, -0.1) is 0 Å². The van der Waals surface area contributed by atoms with E-state index in [9.17, 15) is 4.79 Å². The number of hydrogen-bond acceptors (Lipinski definition) is 4. The van der Waals surface area contributed by atoms with Crippen molar-refractivity contribution in [1.82, 2.24) is 4.90 Å². The molecule has 4 rings (SSSR count). The Morgan fingerprint density at radius 3 is 2.64 bits per heavy atom. The van der Waals surface area contributed by atoms with Gasteiger partial charge in [-0.1, -0.05) is 42.5 Å². The standard InChI is InChI=1S/C24H27NO3/c1-17-10-11-22-20(13-23(26)28-24(22)18(17)2)15-25(16-21-9-6-12-27-21)14-19-7-4-3-5-8-19/h3-5,7-8,10-11,13,21H,6,9,12,14-16H2,1-2H3. The summed E-state index contributed by atoms with van der Waals surface area (Å²) in [4.78, 5) is 14.6. The summed E-state index contributed by atoms with van der Waals surface area (Å²) in [5.41, 5.74) is 4.87. The minimum absolute atomic E-state index is 0.263. The van der Waals surface area contributed by atoms with Crippen LogP contribution in [-0.4, -0.2) is 24.2 Å². The molecule has 2 heterocycles. The third kappa shape index (κ3) is 4.18. The number of ether oxygens (including phenoxy) is 1. The van der Waals surface area contributed by atoms with Gasteiger partial charge in [0.05, 0.1) is 6.10 Å². The lowest BCUT2D eigenvalue weighted by molar-refractivity contribution is 0.0680. The largest absolute Gasteiger partial charge is 0.422 e. The second kappa shape index (κ2) is 8.29. The van der Waals surface area contributed by atoms with Gasteiger partial charge in [-0.05, 0) is 48.9 Å². The number of aryl methyl sites for hydroxylation is 2. The van der Waals surface area contributed by atoms with E-state index in [1.54, 1.807) is 6.07 Å². The molecule has 0 spiro atoms. The van der Waals surface area contributed by atoms with Crippen LogP contribution in [0.1, 0.15) is 35.1 Å². The minimum Gasteiger partial charge on any atom is -0.422 e. The zero-order valence-electron chi connectivity index (χ0n) is 16.6. The average molecular weight is 377 g/mol. The third-order valence-corrected chi connectivity index (χ3v) is 5.65. The van der Waals surface area contributed by atoms with Crippen LogP contribution in [0.15, 0.2) is 57.7 Å². The van der Waals surface area contributed by atoms with Crippen molar-refractivity contribution in [3.63, 3.8) is 0 Å². The number of hydrogen-bond donors (Lipinski definition) is 0. The normalized spacial score (nSPS) is 16.9. The van der Waals surface area contributed by atoms with E-state index in [2.05, 4.69) is 41.3 Å². The Bertz CT molecular complexity index is 1000. The van der Waals surface area contributed by atoms with Gasteiger partial charge in [0.25, 0.3) is 0 Å². The molecule has 1 saturated heterocycles. The van der Waals surface area contributed by atoms with Crippen molar-refractivity contribution in [2.75, 3.05) is 13.2 Å². The Balaban J connectivity index is 1.67. The first-order chi connectivity index (χ1) is 13.6. The topological polar surface area (TPSA) is 42.7 Å². The van der Waals surface area contributed by atoms with Crippen molar-refractivity contribution in [2.45, 2.75) is 45.9 Å². The second-order valence-electron chi connectivity index (χ2n) is 7.77. The van der Waals surface area contributed by atoms with Crippen LogP contribution in [0.5, 0.6) is 0 Å². The van der Waals surface area contributed by atoms with Crippen LogP contribution in [0.2, 0.25) is 0 Å². The second-order valence-corrected chi connectivity index (χ2v) is 7.77. The summed E-state index contributed by atoms with van der Waals surface area (Å²) < 4.78 is 11.4. The number of fused-ring (bicyclic) bond motifs is 1. The highest BCUT2D eigenvalue weighted by Gasteiger charge is 2.21. The molecule has 1 aliphatic heterocycles. The highest BCUT2D eigenvalue weighted by atomic mass is 16.5. The molecule has 0 saturated carbocycles. The predicted molar refractivity (Wildman–Crippen MR) is 111 cm³/mol. The SMILES string of the molecule is Cc1ccc2c(CN(Cc3ccccc3)CC3CCCO3)cc(=O)oc2c1C. The Hall–Kier alpha value is -2.43. The zero-order valence-corrected chi connectivity index (χ0v) is 16.6. The fourth-order valence-corrected chi connectivity index (χ4v) is 4.00. The summed E-state index contributed by atoms with van der Waals surface area (Å²) in [6, 6.07) is 16.3. The Labute approximate surface area is 165 Å². The molecule has 0 amide bonds. The lowest BCUT2D eigenvalue weighted by Gasteiger charge is -2.26. The highest BCUT2D eigenvalue weighted by molar-refractivity contribution is 5.83. The lowest BCUT2D eigenvalue weighted by Crippen LogP contribution is -2.31. The molecule has 0 N–H and O–H groups in total. The summed E-state index contributed by atoms with van der Waals surface area (Å²) >= 11 is 0. The molecular weight excluding hydrogens is 350 g/mol. The summed E-state index contributed by atoms with van der Waals surface area (Å²) in [6.07, 6.45) is 2.49. The minimum atomic E-state index is -0.284. The van der Waals surface area contributed by atoms with E-state index in [1.165, 1.54) is 5.56 Å². The molecule has 1 fully saturated rings. The maximum absolute atomic E-state index is 12.2. The Morgan fingerprint density at radius 2 is 1.89 bits per heavy atom. The van der Waals surface area contributed by atoms with Gasteiger partial charge in [-0.25, -0.2) is 4.79 Å². The fraction of sp³-hybridized carbons (Fsp3) is 0.375. The molecular formula is C24H27NO3. The first-order valence-electron chi connectivity index (χ1n) is 10.0. The quantitative estimate of drug-likeness (QED) is 0.589. The molecule has 28 heavy (non-hydrogen) atoms. The van der Waals surface area contributed by atoms with E-state index >= 15 is 0 Å². The summed E-state index contributed by atoms with van der Waals surface area (Å²) in [6.45, 7) is 7.29. The number of nitrogens with zero attached hydrogens (tertiary/aromatic N) is 1. The molecule has 1 unspecified atom stereocenters. The van der Waals surface area contributed by atoms with Crippen LogP contribution < -0.4 is 5.63 Å². The smallest absolute Gasteiger partial charge is 0.336 e. The van der Waals surface area contributed by atoms with Crippen molar-refractivity contribution < 1.29 is 9.15 Å². The molecule has 1 atom stereocenters. The Kier molecular flexibility index (Phi) is 5.60. The van der Waals surface area contributed by atoms with Gasteiger partial charge in [0, 0.05) is 37.7 Å². The van der Waals surface area contributed by atoms with Crippen molar-refractivity contribution in [2.24, 2.45) is 0 Å². The van der Waals surface area contributed by atoms with Gasteiger partial charge in [0.1, 0.15) is 5.58 Å². The van der Waals surface area contributed by atoms with Crippen LogP contribution in [0.25, 0.3) is 11.0 Å². The monoisotopic (exact) mass is 377 g/mol. The molecule has 4 nitrogen and oxygen atoms in total. The Morgan fingerprint density at radius 1 is 1.07 bits per heavy atom. The van der Waals surface area contributed by atoms with Crippen molar-refractivity contribution in [3.8, 4) is 0 Å². The van der Waals surface area contributed by atoms with Crippen LogP contribution in [0, 0.1) is 13.8 Å². The van der Waals surface area contributed by atoms with Crippen molar-refractivity contribution in [1.29, 1.82) is 0 Å². The van der Waals surface area contributed by atoms with E-state index in [0.717, 1.165) is 54.6 Å². The zero-order chi connectivity index (χ0) is 19.5.